The van der Waals surface area contributed by atoms with Crippen LogP contribution in [-0.2, 0) is 5.75 Å². The molecule has 0 fully saturated rings. The van der Waals surface area contributed by atoms with E-state index in [9.17, 15) is 10.1 Å². The molecule has 6 heteroatoms. The molecule has 0 bridgehead atoms. The van der Waals surface area contributed by atoms with Crippen molar-refractivity contribution < 1.29 is 4.92 Å². The van der Waals surface area contributed by atoms with Crippen LogP contribution in [0.4, 0.5) is 11.4 Å². The number of rotatable bonds is 5. The summed E-state index contributed by atoms with van der Waals surface area (Å²) in [6.07, 6.45) is 0. The quantitative estimate of drug-likeness (QED) is 0.481. The fourth-order valence-electron chi connectivity index (χ4n) is 1.87. The predicted molar refractivity (Wildman–Crippen MR) is 86.3 cm³/mol. The van der Waals surface area contributed by atoms with Gasteiger partial charge in [-0.25, -0.2) is 0 Å². The van der Waals surface area contributed by atoms with Gasteiger partial charge in [-0.15, -0.1) is 11.8 Å². The van der Waals surface area contributed by atoms with Crippen molar-refractivity contribution in [2.24, 2.45) is 0 Å². The Kier molecular flexibility index (Phi) is 5.03. The van der Waals surface area contributed by atoms with Crippen molar-refractivity contribution >= 4 is 39.1 Å². The Hall–Kier alpha value is -1.53. The molecule has 0 heterocycles. The fraction of sp³-hybridized carbons (Fsp3) is 0.143. The second-order valence-corrected chi connectivity index (χ2v) is 6.03. The van der Waals surface area contributed by atoms with Gasteiger partial charge in [0.15, 0.2) is 0 Å². The van der Waals surface area contributed by atoms with Crippen molar-refractivity contribution in [2.45, 2.75) is 10.6 Å². The highest BCUT2D eigenvalue weighted by atomic mass is 79.9. The summed E-state index contributed by atoms with van der Waals surface area (Å²) in [5.41, 5.74) is 1.62. The minimum atomic E-state index is -0.362. The summed E-state index contributed by atoms with van der Waals surface area (Å²) in [6.45, 7) is 0. The number of halogens is 1. The number of nitro benzene ring substituents is 1. The van der Waals surface area contributed by atoms with E-state index >= 15 is 0 Å². The summed E-state index contributed by atoms with van der Waals surface area (Å²) < 4.78 is 1.02. The van der Waals surface area contributed by atoms with Gasteiger partial charge in [-0.3, -0.25) is 10.1 Å². The first-order valence-corrected chi connectivity index (χ1v) is 7.72. The third kappa shape index (κ3) is 3.52. The van der Waals surface area contributed by atoms with E-state index in [4.69, 9.17) is 0 Å². The van der Waals surface area contributed by atoms with Gasteiger partial charge in [0.2, 0.25) is 0 Å². The zero-order chi connectivity index (χ0) is 14.5. The number of benzene rings is 2. The first kappa shape index (κ1) is 14.9. The van der Waals surface area contributed by atoms with Crippen molar-refractivity contribution in [3.8, 4) is 0 Å². The highest BCUT2D eigenvalue weighted by Crippen LogP contribution is 2.33. The molecule has 4 nitrogen and oxygen atoms in total. The summed E-state index contributed by atoms with van der Waals surface area (Å²) >= 11 is 5.08. The van der Waals surface area contributed by atoms with Crippen LogP contribution in [0.3, 0.4) is 0 Å². The SMILES string of the molecule is CNc1c(CSc2cccc(Br)c2)cccc1[N+](=O)[O-]. The molecular formula is C14H13BrN2O2S. The van der Waals surface area contributed by atoms with Crippen LogP contribution in [0.15, 0.2) is 51.8 Å². The van der Waals surface area contributed by atoms with Crippen LogP contribution in [0.1, 0.15) is 5.56 Å². The lowest BCUT2D eigenvalue weighted by Crippen LogP contribution is -2.00. The molecule has 0 radical (unpaired) electrons. The van der Waals surface area contributed by atoms with Crippen molar-refractivity contribution in [3.05, 3.63) is 62.6 Å². The Balaban J connectivity index is 2.21. The molecule has 0 saturated carbocycles. The highest BCUT2D eigenvalue weighted by Gasteiger charge is 2.15. The van der Waals surface area contributed by atoms with Crippen molar-refractivity contribution in [3.63, 3.8) is 0 Å². The standard InChI is InChI=1S/C14H13BrN2O2S/c1-16-14-10(4-2-7-13(14)17(18)19)9-20-12-6-3-5-11(15)8-12/h2-8,16H,9H2,1H3. The number of hydrogen-bond donors (Lipinski definition) is 1. The highest BCUT2D eigenvalue weighted by molar-refractivity contribution is 9.10. The lowest BCUT2D eigenvalue weighted by molar-refractivity contribution is -0.384. The molecule has 0 aliphatic carbocycles. The smallest absolute Gasteiger partial charge is 0.292 e. The molecule has 0 aliphatic rings. The molecular weight excluding hydrogens is 340 g/mol. The average Bonchev–Trinajstić information content (AvgIpc) is 2.44. The summed E-state index contributed by atoms with van der Waals surface area (Å²) in [7, 11) is 1.70. The van der Waals surface area contributed by atoms with Gasteiger partial charge < -0.3 is 5.32 Å². The molecule has 1 N–H and O–H groups in total. The third-order valence-electron chi connectivity index (χ3n) is 2.77. The molecule has 0 aliphatic heterocycles. The normalized spacial score (nSPS) is 10.3. The molecule has 20 heavy (non-hydrogen) atoms. The topological polar surface area (TPSA) is 55.2 Å². The van der Waals surface area contributed by atoms with E-state index in [0.29, 0.717) is 11.4 Å². The first-order chi connectivity index (χ1) is 9.61. The van der Waals surface area contributed by atoms with Crippen LogP contribution < -0.4 is 5.32 Å². The maximum Gasteiger partial charge on any atom is 0.292 e. The van der Waals surface area contributed by atoms with E-state index in [1.807, 2.05) is 30.3 Å². The number of para-hydroxylation sites is 1. The molecule has 2 aromatic carbocycles. The number of thioether (sulfide) groups is 1. The van der Waals surface area contributed by atoms with Crippen molar-refractivity contribution in [1.82, 2.24) is 0 Å². The molecule has 0 spiro atoms. The van der Waals surface area contributed by atoms with Crippen LogP contribution in [0.25, 0.3) is 0 Å². The van der Waals surface area contributed by atoms with E-state index < -0.39 is 0 Å². The monoisotopic (exact) mass is 352 g/mol. The molecule has 0 atom stereocenters. The second-order valence-electron chi connectivity index (χ2n) is 4.06. The largest absolute Gasteiger partial charge is 0.382 e. The van der Waals surface area contributed by atoms with Crippen molar-refractivity contribution in [2.75, 3.05) is 12.4 Å². The predicted octanol–water partition coefficient (Wildman–Crippen LogP) is 4.69. The van der Waals surface area contributed by atoms with E-state index in [1.54, 1.807) is 24.9 Å². The van der Waals surface area contributed by atoms with Gasteiger partial charge in [0.05, 0.1) is 4.92 Å². The molecule has 2 rings (SSSR count). The number of nitrogens with one attached hydrogen (secondary N) is 1. The van der Waals surface area contributed by atoms with E-state index in [0.717, 1.165) is 14.9 Å². The summed E-state index contributed by atoms with van der Waals surface area (Å²) in [4.78, 5) is 11.8. The van der Waals surface area contributed by atoms with Gasteiger partial charge in [0.1, 0.15) is 5.69 Å². The second kappa shape index (κ2) is 6.76. The van der Waals surface area contributed by atoms with Crippen LogP contribution in [0.5, 0.6) is 0 Å². The first-order valence-electron chi connectivity index (χ1n) is 5.94. The minimum Gasteiger partial charge on any atom is -0.382 e. The number of hydrogen-bond acceptors (Lipinski definition) is 4. The summed E-state index contributed by atoms with van der Waals surface area (Å²) in [6, 6.07) is 13.1. The van der Waals surface area contributed by atoms with Crippen LogP contribution in [-0.4, -0.2) is 12.0 Å². The number of anilines is 1. The Morgan fingerprint density at radius 2 is 2.05 bits per heavy atom. The maximum atomic E-state index is 11.0. The van der Waals surface area contributed by atoms with Gasteiger partial charge in [0.25, 0.3) is 5.69 Å². The molecule has 104 valence electrons. The Bertz CT molecular complexity index is 634. The number of nitro groups is 1. The van der Waals surface area contributed by atoms with E-state index in [-0.39, 0.29) is 10.6 Å². The lowest BCUT2D eigenvalue weighted by atomic mass is 10.1. The average molecular weight is 353 g/mol. The molecule has 0 aromatic heterocycles. The maximum absolute atomic E-state index is 11.0. The lowest BCUT2D eigenvalue weighted by Gasteiger charge is -2.09. The van der Waals surface area contributed by atoms with Gasteiger partial charge in [-0.05, 0) is 23.8 Å². The summed E-state index contributed by atoms with van der Waals surface area (Å²) in [5.74, 6) is 0.675. The van der Waals surface area contributed by atoms with E-state index in [2.05, 4.69) is 21.2 Å². The van der Waals surface area contributed by atoms with Gasteiger partial charge in [-0.2, -0.15) is 0 Å². The zero-order valence-electron chi connectivity index (χ0n) is 10.8. The van der Waals surface area contributed by atoms with Gasteiger partial charge >= 0.3 is 0 Å². The molecule has 2 aromatic rings. The Morgan fingerprint density at radius 3 is 2.70 bits per heavy atom. The van der Waals surface area contributed by atoms with Gasteiger partial charge in [0, 0.05) is 28.2 Å². The Labute approximate surface area is 129 Å². The Morgan fingerprint density at radius 1 is 1.30 bits per heavy atom. The third-order valence-corrected chi connectivity index (χ3v) is 4.30. The molecule has 0 amide bonds. The summed E-state index contributed by atoms with van der Waals surface area (Å²) in [5, 5.41) is 13.9. The van der Waals surface area contributed by atoms with Crippen LogP contribution in [0, 0.1) is 10.1 Å². The van der Waals surface area contributed by atoms with Gasteiger partial charge in [-0.1, -0.05) is 34.1 Å². The zero-order valence-corrected chi connectivity index (χ0v) is 13.2. The van der Waals surface area contributed by atoms with Crippen LogP contribution >= 0.6 is 27.7 Å². The van der Waals surface area contributed by atoms with Crippen LogP contribution in [0.2, 0.25) is 0 Å². The molecule has 0 unspecified atom stereocenters. The fourth-order valence-corrected chi connectivity index (χ4v) is 3.36. The van der Waals surface area contributed by atoms with Crippen molar-refractivity contribution in [1.29, 1.82) is 0 Å². The minimum absolute atomic E-state index is 0.111. The van der Waals surface area contributed by atoms with E-state index in [1.165, 1.54) is 6.07 Å². The number of nitrogens with zero attached hydrogens (tertiary/aromatic N) is 1. The molecule has 0 saturated heterocycles.